The summed E-state index contributed by atoms with van der Waals surface area (Å²) in [4.78, 5) is 4.30. The van der Waals surface area contributed by atoms with Gasteiger partial charge in [0.1, 0.15) is 27.8 Å². The maximum atomic E-state index is 13.3. The molecule has 8 heteroatoms. The number of hydrogen-bond donors (Lipinski definition) is 1. The molecule has 1 aliphatic rings. The molecule has 1 fully saturated rings. The number of halogens is 1. The van der Waals surface area contributed by atoms with Crippen molar-refractivity contribution in [2.24, 2.45) is 0 Å². The van der Waals surface area contributed by atoms with Gasteiger partial charge < -0.3 is 5.32 Å². The molecule has 0 saturated carbocycles. The molecular formula is C15H15FN4O2S. The number of nitrogens with one attached hydrogen (secondary N) is 1. The van der Waals surface area contributed by atoms with Gasteiger partial charge in [-0.15, -0.1) is 0 Å². The Kier molecular flexibility index (Phi) is 3.22. The number of benzene rings is 1. The van der Waals surface area contributed by atoms with E-state index in [2.05, 4.69) is 15.4 Å². The molecule has 120 valence electrons. The molecule has 1 aromatic carbocycles. The topological polar surface area (TPSA) is 76.4 Å². The van der Waals surface area contributed by atoms with Crippen LogP contribution in [-0.2, 0) is 9.84 Å². The second-order valence-electron chi connectivity index (χ2n) is 5.84. The van der Waals surface area contributed by atoms with Crippen molar-refractivity contribution in [3.63, 3.8) is 0 Å². The predicted octanol–water partition coefficient (Wildman–Crippen LogP) is 2.01. The van der Waals surface area contributed by atoms with E-state index < -0.39 is 9.84 Å². The third-order valence-corrected chi connectivity index (χ3v) is 5.90. The van der Waals surface area contributed by atoms with Gasteiger partial charge in [0.15, 0.2) is 0 Å². The zero-order valence-electron chi connectivity index (χ0n) is 12.2. The van der Waals surface area contributed by atoms with E-state index in [-0.39, 0.29) is 23.4 Å². The Hall–Kier alpha value is -2.22. The molecule has 4 rings (SSSR count). The van der Waals surface area contributed by atoms with E-state index in [0.717, 1.165) is 10.9 Å². The Morgan fingerprint density at radius 2 is 2.00 bits per heavy atom. The smallest absolute Gasteiger partial charge is 0.150 e. The van der Waals surface area contributed by atoms with Crippen molar-refractivity contribution >= 4 is 32.1 Å². The fourth-order valence-electron chi connectivity index (χ4n) is 2.94. The molecule has 2 aromatic heterocycles. The quantitative estimate of drug-likeness (QED) is 0.776. The highest BCUT2D eigenvalue weighted by molar-refractivity contribution is 7.91. The summed E-state index contributed by atoms with van der Waals surface area (Å²) in [5.41, 5.74) is 1.41. The van der Waals surface area contributed by atoms with Gasteiger partial charge in [0.25, 0.3) is 0 Å². The second kappa shape index (κ2) is 5.16. The minimum atomic E-state index is -2.88. The van der Waals surface area contributed by atoms with Crippen LogP contribution in [0.2, 0.25) is 0 Å². The molecule has 23 heavy (non-hydrogen) atoms. The molecule has 0 amide bonds. The first-order valence-electron chi connectivity index (χ1n) is 7.41. The first-order valence-corrected chi connectivity index (χ1v) is 9.23. The molecule has 1 N–H and O–H groups in total. The average Bonchev–Trinajstić information content (AvgIpc) is 2.86. The van der Waals surface area contributed by atoms with Gasteiger partial charge in [0, 0.05) is 23.6 Å². The number of aromatic nitrogens is 3. The number of hydrogen-bond acceptors (Lipinski definition) is 5. The minimum absolute atomic E-state index is 0.0973. The molecule has 3 aromatic rings. The molecular weight excluding hydrogens is 319 g/mol. The Bertz CT molecular complexity index is 985. The minimum Gasteiger partial charge on any atom is -0.367 e. The summed E-state index contributed by atoms with van der Waals surface area (Å²) in [5, 5.41) is 8.43. The van der Waals surface area contributed by atoms with Gasteiger partial charge in [-0.2, -0.15) is 5.10 Å². The lowest BCUT2D eigenvalue weighted by Gasteiger charge is -2.23. The van der Waals surface area contributed by atoms with Gasteiger partial charge in [-0.1, -0.05) is 0 Å². The highest BCUT2D eigenvalue weighted by atomic mass is 32.2. The van der Waals surface area contributed by atoms with Crippen molar-refractivity contribution < 1.29 is 12.8 Å². The standard InChI is InChI=1S/C15H15FN4O2S/c16-10-1-2-12-13(7-10)19-20-9-17-15(8-14(12)20)18-11-3-5-23(21,22)6-4-11/h1-2,7-9,11,18H,3-6H2. The van der Waals surface area contributed by atoms with Crippen LogP contribution in [0.4, 0.5) is 10.2 Å². The highest BCUT2D eigenvalue weighted by Crippen LogP contribution is 2.23. The zero-order valence-corrected chi connectivity index (χ0v) is 13.1. The monoisotopic (exact) mass is 334 g/mol. The molecule has 3 heterocycles. The van der Waals surface area contributed by atoms with E-state index in [1.54, 1.807) is 16.9 Å². The lowest BCUT2D eigenvalue weighted by molar-refractivity contribution is 0.559. The number of nitrogens with zero attached hydrogens (tertiary/aromatic N) is 3. The van der Waals surface area contributed by atoms with E-state index in [1.807, 2.05) is 6.07 Å². The summed E-state index contributed by atoms with van der Waals surface area (Å²) in [6, 6.07) is 6.45. The molecule has 0 radical (unpaired) electrons. The van der Waals surface area contributed by atoms with Crippen LogP contribution in [-0.4, -0.2) is 40.6 Å². The first kappa shape index (κ1) is 14.4. The molecule has 0 spiro atoms. The lowest BCUT2D eigenvalue weighted by Crippen LogP contribution is -2.32. The van der Waals surface area contributed by atoms with Crippen LogP contribution < -0.4 is 5.32 Å². The number of sulfone groups is 1. The van der Waals surface area contributed by atoms with Crippen molar-refractivity contribution in [3.05, 3.63) is 36.4 Å². The highest BCUT2D eigenvalue weighted by Gasteiger charge is 2.23. The Morgan fingerprint density at radius 3 is 2.78 bits per heavy atom. The van der Waals surface area contributed by atoms with Crippen LogP contribution >= 0.6 is 0 Å². The van der Waals surface area contributed by atoms with Gasteiger partial charge in [-0.25, -0.2) is 22.3 Å². The molecule has 1 aliphatic heterocycles. The van der Waals surface area contributed by atoms with Crippen molar-refractivity contribution in [3.8, 4) is 0 Å². The zero-order chi connectivity index (χ0) is 16.0. The molecule has 1 saturated heterocycles. The van der Waals surface area contributed by atoms with E-state index in [1.165, 1.54) is 12.1 Å². The SMILES string of the molecule is O=S1(=O)CCC(Nc2cc3c4ccc(F)cc4nn3cn2)CC1. The van der Waals surface area contributed by atoms with Gasteiger partial charge in [0.05, 0.1) is 22.5 Å². The second-order valence-corrected chi connectivity index (χ2v) is 8.14. The molecule has 6 nitrogen and oxygen atoms in total. The van der Waals surface area contributed by atoms with Crippen molar-refractivity contribution in [1.82, 2.24) is 14.6 Å². The molecule has 0 atom stereocenters. The molecule has 0 unspecified atom stereocenters. The molecule has 0 aliphatic carbocycles. The maximum absolute atomic E-state index is 13.3. The Labute approximate surface area is 132 Å². The summed E-state index contributed by atoms with van der Waals surface area (Å²) in [6.45, 7) is 0. The van der Waals surface area contributed by atoms with Crippen molar-refractivity contribution in [1.29, 1.82) is 0 Å². The summed E-state index contributed by atoms with van der Waals surface area (Å²) < 4.78 is 37.9. The Morgan fingerprint density at radius 1 is 1.22 bits per heavy atom. The normalized spacial score (nSPS) is 18.5. The fraction of sp³-hybridized carbons (Fsp3) is 0.333. The largest absolute Gasteiger partial charge is 0.367 e. The predicted molar refractivity (Wildman–Crippen MR) is 85.7 cm³/mol. The van der Waals surface area contributed by atoms with Crippen LogP contribution in [0.5, 0.6) is 0 Å². The van der Waals surface area contributed by atoms with Crippen LogP contribution in [0.25, 0.3) is 16.4 Å². The van der Waals surface area contributed by atoms with E-state index in [4.69, 9.17) is 0 Å². The van der Waals surface area contributed by atoms with Crippen LogP contribution in [0.15, 0.2) is 30.6 Å². The van der Waals surface area contributed by atoms with Gasteiger partial charge in [0.2, 0.25) is 0 Å². The van der Waals surface area contributed by atoms with Crippen LogP contribution in [0.1, 0.15) is 12.8 Å². The van der Waals surface area contributed by atoms with Gasteiger partial charge >= 0.3 is 0 Å². The average molecular weight is 334 g/mol. The summed E-state index contributed by atoms with van der Waals surface area (Å²) in [7, 11) is -2.88. The van der Waals surface area contributed by atoms with Gasteiger partial charge in [-0.05, 0) is 25.0 Å². The van der Waals surface area contributed by atoms with Crippen molar-refractivity contribution in [2.75, 3.05) is 16.8 Å². The first-order chi connectivity index (χ1) is 11.0. The summed E-state index contributed by atoms with van der Waals surface area (Å²) >= 11 is 0. The summed E-state index contributed by atoms with van der Waals surface area (Å²) in [6.07, 6.45) is 2.75. The lowest BCUT2D eigenvalue weighted by atomic mass is 10.1. The van der Waals surface area contributed by atoms with E-state index in [0.29, 0.717) is 24.2 Å². The number of fused-ring (bicyclic) bond motifs is 3. The van der Waals surface area contributed by atoms with E-state index >= 15 is 0 Å². The van der Waals surface area contributed by atoms with Crippen LogP contribution in [0, 0.1) is 5.82 Å². The van der Waals surface area contributed by atoms with E-state index in [9.17, 15) is 12.8 Å². The van der Waals surface area contributed by atoms with Crippen LogP contribution in [0.3, 0.4) is 0 Å². The summed E-state index contributed by atoms with van der Waals surface area (Å²) in [5.74, 6) is 0.771. The molecule has 0 bridgehead atoms. The third-order valence-electron chi connectivity index (χ3n) is 4.18. The number of anilines is 1. The Balaban J connectivity index is 1.65. The van der Waals surface area contributed by atoms with Gasteiger partial charge in [-0.3, -0.25) is 0 Å². The number of rotatable bonds is 2. The fourth-order valence-corrected chi connectivity index (χ4v) is 4.43. The third kappa shape index (κ3) is 2.74. The maximum Gasteiger partial charge on any atom is 0.150 e. The van der Waals surface area contributed by atoms with Crippen molar-refractivity contribution in [2.45, 2.75) is 18.9 Å².